The monoisotopic (exact) mass is 357 g/mol. The van der Waals surface area contributed by atoms with Crippen molar-refractivity contribution in [2.24, 2.45) is 0 Å². The Morgan fingerprint density at radius 2 is 1.92 bits per heavy atom. The van der Waals surface area contributed by atoms with Crippen molar-refractivity contribution < 1.29 is 19.0 Å². The van der Waals surface area contributed by atoms with E-state index in [1.807, 2.05) is 36.4 Å². The smallest absolute Gasteiger partial charge is 0.250 e. The Hall–Kier alpha value is -2.66. The van der Waals surface area contributed by atoms with Crippen LogP contribution in [0, 0.1) is 0 Å². The molecule has 1 amide bonds. The molecule has 0 saturated carbocycles. The fourth-order valence-electron chi connectivity index (χ4n) is 2.81. The fraction of sp³-hybridized carbons (Fsp3) is 0.211. The van der Waals surface area contributed by atoms with Crippen LogP contribution in [0.25, 0.3) is 6.08 Å². The highest BCUT2D eigenvalue weighted by atomic mass is 35.5. The van der Waals surface area contributed by atoms with Gasteiger partial charge in [-0.1, -0.05) is 29.8 Å². The highest BCUT2D eigenvalue weighted by Crippen LogP contribution is 2.38. The van der Waals surface area contributed by atoms with Gasteiger partial charge in [0, 0.05) is 12.1 Å². The molecule has 0 atom stereocenters. The first kappa shape index (κ1) is 15.8. The number of hydrogen-bond acceptors (Lipinski definition) is 4. The second-order valence-electron chi connectivity index (χ2n) is 5.78. The molecule has 128 valence electrons. The third kappa shape index (κ3) is 3.28. The van der Waals surface area contributed by atoms with Crippen LogP contribution in [-0.2, 0) is 11.3 Å². The Bertz CT molecular complexity index is 862. The van der Waals surface area contributed by atoms with Crippen LogP contribution < -0.4 is 19.5 Å². The summed E-state index contributed by atoms with van der Waals surface area (Å²) in [6.45, 7) is 1.57. The first-order chi connectivity index (χ1) is 12.2. The molecule has 2 aromatic carbocycles. The number of halogens is 1. The largest absolute Gasteiger partial charge is 0.488 e. The highest BCUT2D eigenvalue weighted by Gasteiger charge is 2.19. The Kier molecular flexibility index (Phi) is 4.24. The van der Waals surface area contributed by atoms with Crippen molar-refractivity contribution in [2.45, 2.75) is 6.54 Å². The number of rotatable bonds is 3. The quantitative estimate of drug-likeness (QED) is 0.916. The average molecular weight is 358 g/mol. The van der Waals surface area contributed by atoms with E-state index in [0.717, 1.165) is 16.9 Å². The Labute approximate surface area is 150 Å². The topological polar surface area (TPSA) is 56.8 Å². The summed E-state index contributed by atoms with van der Waals surface area (Å²) in [6, 6.07) is 11.2. The zero-order valence-electron chi connectivity index (χ0n) is 13.4. The number of carbonyl (C=O) groups excluding carboxylic acids is 1. The van der Waals surface area contributed by atoms with Crippen LogP contribution in [0.5, 0.6) is 17.2 Å². The fourth-order valence-corrected chi connectivity index (χ4v) is 3.10. The van der Waals surface area contributed by atoms with E-state index in [2.05, 4.69) is 5.32 Å². The van der Waals surface area contributed by atoms with Gasteiger partial charge in [0.15, 0.2) is 11.5 Å². The molecule has 5 nitrogen and oxygen atoms in total. The molecule has 2 aliphatic heterocycles. The summed E-state index contributed by atoms with van der Waals surface area (Å²) in [7, 11) is 0. The van der Waals surface area contributed by atoms with Crippen LogP contribution in [0.2, 0.25) is 5.02 Å². The summed E-state index contributed by atoms with van der Waals surface area (Å²) in [5.74, 6) is 1.79. The zero-order chi connectivity index (χ0) is 17.2. The molecule has 6 heteroatoms. The molecule has 2 aromatic rings. The van der Waals surface area contributed by atoms with Crippen LogP contribution >= 0.6 is 11.6 Å². The van der Waals surface area contributed by atoms with Gasteiger partial charge in [0.1, 0.15) is 25.6 Å². The number of para-hydroxylation sites is 1. The molecule has 0 saturated heterocycles. The second kappa shape index (κ2) is 6.69. The van der Waals surface area contributed by atoms with Crippen LogP contribution in [0.15, 0.2) is 42.0 Å². The zero-order valence-corrected chi connectivity index (χ0v) is 14.1. The van der Waals surface area contributed by atoms with Crippen LogP contribution in [0.4, 0.5) is 0 Å². The predicted octanol–water partition coefficient (Wildman–Crippen LogP) is 3.20. The molecular formula is C19H16ClNO4. The van der Waals surface area contributed by atoms with Gasteiger partial charge >= 0.3 is 0 Å². The molecule has 0 fully saturated rings. The lowest BCUT2D eigenvalue weighted by Gasteiger charge is -2.20. The molecule has 0 unspecified atom stereocenters. The van der Waals surface area contributed by atoms with Gasteiger partial charge in [-0.15, -0.1) is 0 Å². The SMILES string of the molecule is O=C(NCc1cc(Cl)c2c(c1)OCCO2)C1=Cc2ccccc2OC1. The maximum atomic E-state index is 12.4. The van der Waals surface area contributed by atoms with Gasteiger partial charge in [0.05, 0.1) is 10.6 Å². The van der Waals surface area contributed by atoms with E-state index in [1.54, 1.807) is 6.07 Å². The summed E-state index contributed by atoms with van der Waals surface area (Å²) >= 11 is 6.22. The Balaban J connectivity index is 1.46. The summed E-state index contributed by atoms with van der Waals surface area (Å²) in [5, 5.41) is 3.37. The number of benzene rings is 2. The minimum atomic E-state index is -0.166. The number of amides is 1. The van der Waals surface area contributed by atoms with E-state index >= 15 is 0 Å². The van der Waals surface area contributed by atoms with Crippen molar-refractivity contribution >= 4 is 23.6 Å². The normalized spacial score (nSPS) is 14.8. The molecular weight excluding hydrogens is 342 g/mol. The van der Waals surface area contributed by atoms with E-state index in [4.69, 9.17) is 25.8 Å². The van der Waals surface area contributed by atoms with E-state index in [9.17, 15) is 4.79 Å². The number of nitrogens with one attached hydrogen (secondary N) is 1. The third-order valence-electron chi connectivity index (χ3n) is 4.03. The summed E-state index contributed by atoms with van der Waals surface area (Å²) in [6.07, 6.45) is 1.85. The van der Waals surface area contributed by atoms with Crippen LogP contribution in [0.3, 0.4) is 0 Å². The van der Waals surface area contributed by atoms with Crippen molar-refractivity contribution in [2.75, 3.05) is 19.8 Å². The minimum absolute atomic E-state index is 0.166. The van der Waals surface area contributed by atoms with Crippen molar-refractivity contribution in [1.29, 1.82) is 0 Å². The Morgan fingerprint density at radius 3 is 2.84 bits per heavy atom. The number of fused-ring (bicyclic) bond motifs is 2. The van der Waals surface area contributed by atoms with Gasteiger partial charge in [-0.2, -0.15) is 0 Å². The number of carbonyl (C=O) groups is 1. The van der Waals surface area contributed by atoms with Gasteiger partial charge in [0.25, 0.3) is 5.91 Å². The van der Waals surface area contributed by atoms with Gasteiger partial charge in [-0.3, -0.25) is 4.79 Å². The van der Waals surface area contributed by atoms with E-state index in [1.165, 1.54) is 0 Å². The average Bonchev–Trinajstić information content (AvgIpc) is 2.66. The molecule has 0 radical (unpaired) electrons. The van der Waals surface area contributed by atoms with Gasteiger partial charge in [-0.25, -0.2) is 0 Å². The third-order valence-corrected chi connectivity index (χ3v) is 4.31. The standard InChI is InChI=1S/C19H16ClNO4/c20-15-7-12(8-17-18(15)24-6-5-23-17)10-21-19(22)14-9-13-3-1-2-4-16(13)25-11-14/h1-4,7-9H,5-6,10-11H2,(H,21,22). The molecule has 0 aromatic heterocycles. The highest BCUT2D eigenvalue weighted by molar-refractivity contribution is 6.32. The molecule has 0 aliphatic carbocycles. The lowest BCUT2D eigenvalue weighted by atomic mass is 10.1. The Morgan fingerprint density at radius 1 is 1.08 bits per heavy atom. The van der Waals surface area contributed by atoms with Gasteiger partial charge in [0.2, 0.25) is 0 Å². The molecule has 2 heterocycles. The van der Waals surface area contributed by atoms with Crippen molar-refractivity contribution in [1.82, 2.24) is 5.32 Å². The number of hydrogen-bond donors (Lipinski definition) is 1. The van der Waals surface area contributed by atoms with Crippen LogP contribution in [0.1, 0.15) is 11.1 Å². The van der Waals surface area contributed by atoms with Gasteiger partial charge in [-0.05, 0) is 29.8 Å². The molecule has 25 heavy (non-hydrogen) atoms. The first-order valence-electron chi connectivity index (χ1n) is 7.99. The molecule has 1 N–H and O–H groups in total. The first-order valence-corrected chi connectivity index (χ1v) is 8.37. The van der Waals surface area contributed by atoms with Crippen LogP contribution in [-0.4, -0.2) is 25.7 Å². The lowest BCUT2D eigenvalue weighted by molar-refractivity contribution is -0.117. The van der Waals surface area contributed by atoms with Gasteiger partial charge < -0.3 is 19.5 Å². The maximum absolute atomic E-state index is 12.4. The molecule has 4 rings (SSSR count). The maximum Gasteiger partial charge on any atom is 0.250 e. The molecule has 0 bridgehead atoms. The summed E-state index contributed by atoms with van der Waals surface area (Å²) in [4.78, 5) is 12.4. The molecule has 2 aliphatic rings. The van der Waals surface area contributed by atoms with E-state index in [0.29, 0.717) is 41.9 Å². The summed E-state index contributed by atoms with van der Waals surface area (Å²) < 4.78 is 16.7. The van der Waals surface area contributed by atoms with Crippen molar-refractivity contribution in [3.8, 4) is 17.2 Å². The summed E-state index contributed by atoms with van der Waals surface area (Å²) in [5.41, 5.74) is 2.34. The molecule has 0 spiro atoms. The van der Waals surface area contributed by atoms with Crippen molar-refractivity contribution in [3.05, 3.63) is 58.1 Å². The predicted molar refractivity (Wildman–Crippen MR) is 94.2 cm³/mol. The van der Waals surface area contributed by atoms with Crippen molar-refractivity contribution in [3.63, 3.8) is 0 Å². The van der Waals surface area contributed by atoms with E-state index < -0.39 is 0 Å². The minimum Gasteiger partial charge on any atom is -0.488 e. The number of ether oxygens (including phenoxy) is 3. The second-order valence-corrected chi connectivity index (χ2v) is 6.19. The van der Waals surface area contributed by atoms with E-state index in [-0.39, 0.29) is 12.5 Å². The lowest BCUT2D eigenvalue weighted by Crippen LogP contribution is -2.28.